The van der Waals surface area contributed by atoms with E-state index in [0.717, 1.165) is 26.1 Å². The van der Waals surface area contributed by atoms with E-state index in [0.29, 0.717) is 11.8 Å². The van der Waals surface area contributed by atoms with Gasteiger partial charge in [-0.2, -0.15) is 0 Å². The average Bonchev–Trinajstić information content (AvgIpc) is 2.18. The van der Waals surface area contributed by atoms with Crippen LogP contribution in [0.3, 0.4) is 0 Å². The fourth-order valence-corrected chi connectivity index (χ4v) is 1.51. The van der Waals surface area contributed by atoms with Gasteiger partial charge in [0.05, 0.1) is 6.54 Å². The number of nitrogens with zero attached hydrogens (tertiary/aromatic N) is 1. The first kappa shape index (κ1) is 14.1. The van der Waals surface area contributed by atoms with Crippen LogP contribution in [-0.2, 0) is 0 Å². The standard InChI is InChI=1S/C11H19Cl2N/c1-2-3-4-5-6-9-14(10-7-12)11-8-13/h2-4,7-11H2,1H3. The monoisotopic (exact) mass is 235 g/mol. The number of hydrogen-bond acceptors (Lipinski definition) is 1. The van der Waals surface area contributed by atoms with Crippen LogP contribution in [0.2, 0.25) is 0 Å². The van der Waals surface area contributed by atoms with Crippen LogP contribution in [0.15, 0.2) is 0 Å². The number of unbranched alkanes of at least 4 members (excludes halogenated alkanes) is 2. The topological polar surface area (TPSA) is 3.24 Å². The molecule has 0 bridgehead atoms. The van der Waals surface area contributed by atoms with Gasteiger partial charge in [-0.15, -0.1) is 29.1 Å². The molecule has 0 N–H and O–H groups in total. The first-order valence-corrected chi connectivity index (χ1v) is 6.22. The maximum absolute atomic E-state index is 5.66. The van der Waals surface area contributed by atoms with E-state index in [-0.39, 0.29) is 0 Å². The van der Waals surface area contributed by atoms with Gasteiger partial charge in [-0.1, -0.05) is 19.3 Å². The highest BCUT2D eigenvalue weighted by atomic mass is 35.5. The molecule has 0 amide bonds. The summed E-state index contributed by atoms with van der Waals surface area (Å²) in [4.78, 5) is 2.18. The normalized spacial score (nSPS) is 10.0. The van der Waals surface area contributed by atoms with Crippen LogP contribution in [0.1, 0.15) is 26.2 Å². The quantitative estimate of drug-likeness (QED) is 0.373. The van der Waals surface area contributed by atoms with E-state index in [1.807, 2.05) is 0 Å². The van der Waals surface area contributed by atoms with Gasteiger partial charge in [-0.3, -0.25) is 4.90 Å². The van der Waals surface area contributed by atoms with Crippen LogP contribution < -0.4 is 0 Å². The Hall–Kier alpha value is 0.100. The maximum Gasteiger partial charge on any atom is 0.0602 e. The molecule has 0 heterocycles. The zero-order valence-electron chi connectivity index (χ0n) is 8.86. The van der Waals surface area contributed by atoms with E-state index in [1.54, 1.807) is 0 Å². The van der Waals surface area contributed by atoms with Crippen LogP contribution in [0, 0.1) is 11.8 Å². The van der Waals surface area contributed by atoms with E-state index in [2.05, 4.69) is 23.7 Å². The summed E-state index contributed by atoms with van der Waals surface area (Å²) in [6, 6.07) is 0. The Bertz CT molecular complexity index is 166. The van der Waals surface area contributed by atoms with Crippen molar-refractivity contribution in [3.63, 3.8) is 0 Å². The van der Waals surface area contributed by atoms with Crippen LogP contribution >= 0.6 is 23.2 Å². The van der Waals surface area contributed by atoms with Crippen LogP contribution in [0.5, 0.6) is 0 Å². The third-order valence-electron chi connectivity index (χ3n) is 1.88. The van der Waals surface area contributed by atoms with Crippen LogP contribution in [-0.4, -0.2) is 36.3 Å². The molecule has 0 aromatic rings. The summed E-state index contributed by atoms with van der Waals surface area (Å²) in [6.45, 7) is 4.71. The highest BCUT2D eigenvalue weighted by Crippen LogP contribution is 1.93. The Labute approximate surface area is 97.8 Å². The number of hydrogen-bond donors (Lipinski definition) is 0. The van der Waals surface area contributed by atoms with Gasteiger partial charge in [-0.25, -0.2) is 0 Å². The van der Waals surface area contributed by atoms with Crippen LogP contribution in [0.25, 0.3) is 0 Å². The van der Waals surface area contributed by atoms with E-state index >= 15 is 0 Å². The van der Waals surface area contributed by atoms with Crippen molar-refractivity contribution in [2.24, 2.45) is 0 Å². The molecule has 0 radical (unpaired) electrons. The Morgan fingerprint density at radius 2 is 1.71 bits per heavy atom. The lowest BCUT2D eigenvalue weighted by atomic mass is 10.2. The molecule has 0 saturated heterocycles. The Morgan fingerprint density at radius 3 is 2.21 bits per heavy atom. The molecule has 0 unspecified atom stereocenters. The van der Waals surface area contributed by atoms with Crippen molar-refractivity contribution in [2.75, 3.05) is 31.4 Å². The molecule has 3 heteroatoms. The Kier molecular flexibility index (Phi) is 11.3. The molecule has 0 aliphatic rings. The van der Waals surface area contributed by atoms with Crippen molar-refractivity contribution in [1.29, 1.82) is 0 Å². The largest absolute Gasteiger partial charge is 0.290 e. The first-order valence-electron chi connectivity index (χ1n) is 5.15. The van der Waals surface area contributed by atoms with E-state index in [1.165, 1.54) is 12.8 Å². The first-order chi connectivity index (χ1) is 6.85. The summed E-state index contributed by atoms with van der Waals surface area (Å²) in [5.41, 5.74) is 0. The molecule has 0 aromatic carbocycles. The molecule has 0 aliphatic heterocycles. The second-order valence-electron chi connectivity index (χ2n) is 3.11. The highest BCUT2D eigenvalue weighted by Gasteiger charge is 1.99. The molecular weight excluding hydrogens is 217 g/mol. The summed E-state index contributed by atoms with van der Waals surface area (Å²) in [7, 11) is 0. The number of halogens is 2. The van der Waals surface area contributed by atoms with Gasteiger partial charge >= 0.3 is 0 Å². The van der Waals surface area contributed by atoms with E-state index in [4.69, 9.17) is 23.2 Å². The zero-order valence-corrected chi connectivity index (χ0v) is 10.4. The van der Waals surface area contributed by atoms with Gasteiger partial charge in [0.1, 0.15) is 0 Å². The van der Waals surface area contributed by atoms with Crippen molar-refractivity contribution >= 4 is 23.2 Å². The van der Waals surface area contributed by atoms with Gasteiger partial charge in [0.2, 0.25) is 0 Å². The lowest BCUT2D eigenvalue weighted by Crippen LogP contribution is -2.28. The van der Waals surface area contributed by atoms with Gasteiger partial charge in [0.25, 0.3) is 0 Å². The van der Waals surface area contributed by atoms with Gasteiger partial charge in [0, 0.05) is 31.3 Å². The number of alkyl halides is 2. The van der Waals surface area contributed by atoms with Crippen molar-refractivity contribution < 1.29 is 0 Å². The maximum atomic E-state index is 5.66. The predicted molar refractivity (Wildman–Crippen MR) is 65.2 cm³/mol. The molecule has 0 aliphatic carbocycles. The van der Waals surface area contributed by atoms with E-state index in [9.17, 15) is 0 Å². The molecule has 1 nitrogen and oxygen atoms in total. The summed E-state index contributed by atoms with van der Waals surface area (Å²) in [5.74, 6) is 7.60. The zero-order chi connectivity index (χ0) is 10.6. The molecule has 0 spiro atoms. The molecule has 0 aromatic heterocycles. The second-order valence-corrected chi connectivity index (χ2v) is 3.87. The minimum Gasteiger partial charge on any atom is -0.290 e. The molecule has 82 valence electrons. The minimum absolute atomic E-state index is 0.646. The molecule has 0 rings (SSSR count). The van der Waals surface area contributed by atoms with Gasteiger partial charge in [-0.05, 0) is 6.42 Å². The summed E-state index contributed by atoms with van der Waals surface area (Å²) >= 11 is 11.3. The molecule has 0 atom stereocenters. The molecule has 14 heavy (non-hydrogen) atoms. The average molecular weight is 236 g/mol. The third-order valence-corrected chi connectivity index (χ3v) is 2.22. The van der Waals surface area contributed by atoms with Crippen molar-refractivity contribution in [3.05, 3.63) is 0 Å². The lowest BCUT2D eigenvalue weighted by molar-refractivity contribution is 0.346. The molecule has 0 saturated carbocycles. The van der Waals surface area contributed by atoms with Crippen molar-refractivity contribution in [2.45, 2.75) is 26.2 Å². The Balaban J connectivity index is 3.60. The fourth-order valence-electron chi connectivity index (χ4n) is 1.03. The fraction of sp³-hybridized carbons (Fsp3) is 0.818. The van der Waals surface area contributed by atoms with E-state index < -0.39 is 0 Å². The summed E-state index contributed by atoms with van der Waals surface area (Å²) in [6.07, 6.45) is 3.41. The summed E-state index contributed by atoms with van der Waals surface area (Å²) < 4.78 is 0. The van der Waals surface area contributed by atoms with Crippen LogP contribution in [0.4, 0.5) is 0 Å². The van der Waals surface area contributed by atoms with Gasteiger partial charge in [0.15, 0.2) is 0 Å². The third kappa shape index (κ3) is 8.69. The second kappa shape index (κ2) is 11.2. The van der Waals surface area contributed by atoms with Crippen molar-refractivity contribution in [1.82, 2.24) is 4.90 Å². The minimum atomic E-state index is 0.646. The van der Waals surface area contributed by atoms with Gasteiger partial charge < -0.3 is 0 Å². The molecular formula is C11H19Cl2N. The Morgan fingerprint density at radius 1 is 1.07 bits per heavy atom. The smallest absolute Gasteiger partial charge is 0.0602 e. The molecule has 0 fully saturated rings. The summed E-state index contributed by atoms with van der Waals surface area (Å²) in [5, 5.41) is 0. The SMILES string of the molecule is CCCCC#CCN(CCCl)CCCl. The predicted octanol–water partition coefficient (Wildman–Crippen LogP) is 2.96. The number of rotatable bonds is 7. The lowest BCUT2D eigenvalue weighted by Gasteiger charge is -2.15. The highest BCUT2D eigenvalue weighted by molar-refractivity contribution is 6.18. The van der Waals surface area contributed by atoms with Crippen molar-refractivity contribution in [3.8, 4) is 11.8 Å².